The first-order chi connectivity index (χ1) is 24.8. The average Bonchev–Trinajstić information content (AvgIpc) is 3.70. The van der Waals surface area contributed by atoms with Crippen molar-refractivity contribution in [1.29, 1.82) is 0 Å². The third-order valence-corrected chi connectivity index (χ3v) is 11.1. The summed E-state index contributed by atoms with van der Waals surface area (Å²) in [7, 11) is 0. The van der Waals surface area contributed by atoms with Gasteiger partial charge in [0.2, 0.25) is 5.95 Å². The van der Waals surface area contributed by atoms with Crippen molar-refractivity contribution in [3.63, 3.8) is 0 Å². The second-order valence-electron chi connectivity index (χ2n) is 12.9. The van der Waals surface area contributed by atoms with E-state index in [2.05, 4.69) is 144 Å². The molecule has 0 spiro atoms. The van der Waals surface area contributed by atoms with Crippen molar-refractivity contribution >= 4 is 85.6 Å². The lowest BCUT2D eigenvalue weighted by Crippen LogP contribution is -2.06. The Balaban J connectivity index is 1.27. The van der Waals surface area contributed by atoms with Crippen LogP contribution in [0.5, 0.6) is 0 Å². The minimum absolute atomic E-state index is 0.597. The summed E-state index contributed by atoms with van der Waals surface area (Å²) in [5.74, 6) is 1.89. The first kappa shape index (κ1) is 27.5. The minimum atomic E-state index is 0.597. The second kappa shape index (κ2) is 10.5. The first-order valence-corrected chi connectivity index (χ1v) is 17.6. The molecular formula is C45H26N4S. The highest BCUT2D eigenvalue weighted by Gasteiger charge is 2.21. The van der Waals surface area contributed by atoms with E-state index in [0.29, 0.717) is 17.6 Å². The molecule has 0 fully saturated rings. The lowest BCUT2D eigenvalue weighted by atomic mass is 9.99. The molecule has 11 rings (SSSR count). The van der Waals surface area contributed by atoms with Gasteiger partial charge in [-0.15, -0.1) is 11.3 Å². The zero-order valence-electron chi connectivity index (χ0n) is 26.7. The smallest absolute Gasteiger partial charge is 0.238 e. The number of aromatic nitrogens is 4. The lowest BCUT2D eigenvalue weighted by molar-refractivity contribution is 0.955. The Morgan fingerprint density at radius 1 is 0.400 bits per heavy atom. The van der Waals surface area contributed by atoms with Crippen LogP contribution >= 0.6 is 11.3 Å². The molecule has 0 aliphatic heterocycles. The van der Waals surface area contributed by atoms with Gasteiger partial charge < -0.3 is 0 Å². The quantitative estimate of drug-likeness (QED) is 0.190. The van der Waals surface area contributed by atoms with Gasteiger partial charge in [-0.2, -0.15) is 9.97 Å². The monoisotopic (exact) mass is 654 g/mol. The van der Waals surface area contributed by atoms with Crippen LogP contribution in [-0.4, -0.2) is 19.5 Å². The Hall–Kier alpha value is -6.43. The molecule has 3 heterocycles. The fraction of sp³-hybridized carbons (Fsp3) is 0. The highest BCUT2D eigenvalue weighted by atomic mass is 32.1. The zero-order valence-corrected chi connectivity index (χ0v) is 27.5. The Labute approximate surface area is 290 Å². The Morgan fingerprint density at radius 2 is 0.940 bits per heavy atom. The maximum atomic E-state index is 5.39. The van der Waals surface area contributed by atoms with Crippen LogP contribution < -0.4 is 0 Å². The van der Waals surface area contributed by atoms with E-state index in [0.717, 1.165) is 27.5 Å². The van der Waals surface area contributed by atoms with Crippen molar-refractivity contribution in [3.8, 4) is 28.7 Å². The van der Waals surface area contributed by atoms with Gasteiger partial charge in [-0.3, -0.25) is 4.57 Å². The number of thiophene rings is 1. The van der Waals surface area contributed by atoms with Gasteiger partial charge in [0, 0.05) is 42.1 Å². The summed E-state index contributed by atoms with van der Waals surface area (Å²) in [5, 5.41) is 12.0. The summed E-state index contributed by atoms with van der Waals surface area (Å²) >= 11 is 1.82. The third kappa shape index (κ3) is 4.08. The van der Waals surface area contributed by atoms with E-state index in [9.17, 15) is 0 Å². The molecule has 0 bridgehead atoms. The third-order valence-electron chi connectivity index (χ3n) is 9.98. The molecule has 0 amide bonds. The summed E-state index contributed by atoms with van der Waals surface area (Å²) in [4.78, 5) is 15.9. The van der Waals surface area contributed by atoms with Crippen LogP contribution in [0.2, 0.25) is 0 Å². The molecule has 0 N–H and O–H groups in total. The van der Waals surface area contributed by atoms with Crippen LogP contribution in [0.1, 0.15) is 0 Å². The van der Waals surface area contributed by atoms with E-state index < -0.39 is 0 Å². The number of hydrogen-bond donors (Lipinski definition) is 0. The van der Waals surface area contributed by atoms with E-state index >= 15 is 0 Å². The van der Waals surface area contributed by atoms with Gasteiger partial charge in [-0.1, -0.05) is 121 Å². The van der Waals surface area contributed by atoms with Crippen molar-refractivity contribution in [2.45, 2.75) is 0 Å². The van der Waals surface area contributed by atoms with E-state index in [-0.39, 0.29) is 0 Å². The summed E-state index contributed by atoms with van der Waals surface area (Å²) in [6.07, 6.45) is 0. The maximum absolute atomic E-state index is 5.39. The molecule has 232 valence electrons. The van der Waals surface area contributed by atoms with Crippen LogP contribution in [0.25, 0.3) is 103 Å². The van der Waals surface area contributed by atoms with Crippen molar-refractivity contribution in [2.75, 3.05) is 0 Å². The molecule has 5 heteroatoms. The molecular weight excluding hydrogens is 629 g/mol. The molecule has 4 nitrogen and oxygen atoms in total. The Bertz CT molecular complexity index is 3060. The number of rotatable bonds is 3. The van der Waals surface area contributed by atoms with Crippen LogP contribution in [0.15, 0.2) is 158 Å². The molecule has 8 aromatic carbocycles. The summed E-state index contributed by atoms with van der Waals surface area (Å²) in [6, 6.07) is 56.1. The SMILES string of the molecule is c1ccc(-c2nc(-c3cc4sc5ccccc5c4c4ccccc34)nc(-n3c4cc5ccccc5cc4c4cc5ccccc5cc43)n2)cc1. The largest absolute Gasteiger partial charge is 0.278 e. The summed E-state index contributed by atoms with van der Waals surface area (Å²) < 4.78 is 4.73. The van der Waals surface area contributed by atoms with E-state index in [1.54, 1.807) is 0 Å². The van der Waals surface area contributed by atoms with Gasteiger partial charge in [0.1, 0.15) is 0 Å². The molecule has 0 aliphatic rings. The standard InChI is InChI=1S/C45H26N4S/c1-2-12-27(13-3-1)43-46-44(37-26-41-42(33-19-9-8-18-32(33)37)34-20-10-11-21-40(34)50-41)48-45(47-43)49-38-24-30-16-6-4-14-28(30)22-35(38)36-23-29-15-5-7-17-31(29)25-39(36)49/h1-26H. The number of fused-ring (bicyclic) bond motifs is 10. The maximum Gasteiger partial charge on any atom is 0.238 e. The minimum Gasteiger partial charge on any atom is -0.278 e. The lowest BCUT2D eigenvalue weighted by Gasteiger charge is -2.13. The number of hydrogen-bond acceptors (Lipinski definition) is 4. The number of benzene rings is 8. The Morgan fingerprint density at radius 3 is 1.62 bits per heavy atom. The zero-order chi connectivity index (χ0) is 32.8. The summed E-state index contributed by atoms with van der Waals surface area (Å²) in [5.41, 5.74) is 4.07. The molecule has 0 saturated heterocycles. The van der Waals surface area contributed by atoms with Crippen LogP contribution in [0.3, 0.4) is 0 Å². The molecule has 0 unspecified atom stereocenters. The molecule has 11 aromatic rings. The van der Waals surface area contributed by atoms with Gasteiger partial charge >= 0.3 is 0 Å². The van der Waals surface area contributed by atoms with Crippen molar-refractivity contribution < 1.29 is 0 Å². The number of nitrogens with zero attached hydrogens (tertiary/aromatic N) is 4. The van der Waals surface area contributed by atoms with Gasteiger partial charge in [0.15, 0.2) is 11.6 Å². The fourth-order valence-electron chi connectivity index (χ4n) is 7.68. The molecule has 0 aliphatic carbocycles. The molecule has 3 aromatic heterocycles. The highest BCUT2D eigenvalue weighted by molar-refractivity contribution is 7.26. The van der Waals surface area contributed by atoms with Crippen LogP contribution in [0, 0.1) is 0 Å². The Kier molecular flexibility index (Phi) is 5.80. The topological polar surface area (TPSA) is 43.6 Å². The van der Waals surface area contributed by atoms with Gasteiger partial charge in [-0.05, 0) is 68.7 Å². The van der Waals surface area contributed by atoms with E-state index in [4.69, 9.17) is 15.0 Å². The first-order valence-electron chi connectivity index (χ1n) is 16.8. The molecule has 0 atom stereocenters. The predicted octanol–water partition coefficient (Wildman–Crippen LogP) is 12.1. The normalized spacial score (nSPS) is 12.0. The fourth-order valence-corrected chi connectivity index (χ4v) is 8.84. The second-order valence-corrected chi connectivity index (χ2v) is 13.9. The van der Waals surface area contributed by atoms with Crippen molar-refractivity contribution in [1.82, 2.24) is 19.5 Å². The van der Waals surface area contributed by atoms with E-state index in [1.807, 2.05) is 29.5 Å². The average molecular weight is 655 g/mol. The van der Waals surface area contributed by atoms with Gasteiger partial charge in [0.25, 0.3) is 0 Å². The van der Waals surface area contributed by atoms with Crippen LogP contribution in [-0.2, 0) is 0 Å². The highest BCUT2D eigenvalue weighted by Crippen LogP contribution is 2.43. The van der Waals surface area contributed by atoms with Gasteiger partial charge in [0.05, 0.1) is 11.0 Å². The van der Waals surface area contributed by atoms with Gasteiger partial charge in [-0.25, -0.2) is 4.98 Å². The van der Waals surface area contributed by atoms with Crippen molar-refractivity contribution in [3.05, 3.63) is 158 Å². The molecule has 0 radical (unpaired) electrons. The van der Waals surface area contributed by atoms with E-state index in [1.165, 1.54) is 57.9 Å². The molecule has 0 saturated carbocycles. The predicted molar refractivity (Wildman–Crippen MR) is 210 cm³/mol. The summed E-state index contributed by atoms with van der Waals surface area (Å²) in [6.45, 7) is 0. The van der Waals surface area contributed by atoms with Crippen LogP contribution in [0.4, 0.5) is 0 Å². The van der Waals surface area contributed by atoms with Crippen molar-refractivity contribution in [2.24, 2.45) is 0 Å². The molecule has 50 heavy (non-hydrogen) atoms.